The van der Waals surface area contributed by atoms with Gasteiger partial charge in [-0.2, -0.15) is 0 Å². The van der Waals surface area contributed by atoms with Crippen LogP contribution in [0.2, 0.25) is 0 Å². The summed E-state index contributed by atoms with van der Waals surface area (Å²) >= 11 is 0. The Morgan fingerprint density at radius 3 is 3.00 bits per heavy atom. The van der Waals surface area contributed by atoms with Gasteiger partial charge in [0.05, 0.1) is 11.8 Å². The van der Waals surface area contributed by atoms with Crippen molar-refractivity contribution in [3.05, 3.63) is 17.0 Å². The Morgan fingerprint density at radius 2 is 2.44 bits per heavy atom. The quantitative estimate of drug-likeness (QED) is 0.805. The first kappa shape index (κ1) is 11.1. The van der Waals surface area contributed by atoms with Crippen molar-refractivity contribution in [3.8, 4) is 0 Å². The van der Waals surface area contributed by atoms with E-state index in [0.29, 0.717) is 42.9 Å². The van der Waals surface area contributed by atoms with Gasteiger partial charge in [-0.05, 0) is 19.8 Å². The standard InChI is InChI=1S/C11H16N2O3/c1-3-9-10(7(2)16-12-9)11(15)13-5-4-8(14)6-13/h8,14H,3-6H2,1-2H3/t8-/m1/s1. The van der Waals surface area contributed by atoms with Crippen molar-refractivity contribution in [2.75, 3.05) is 13.1 Å². The molecule has 5 heteroatoms. The monoisotopic (exact) mass is 224 g/mol. The number of carbonyl (C=O) groups is 1. The van der Waals surface area contributed by atoms with E-state index < -0.39 is 6.10 Å². The van der Waals surface area contributed by atoms with Crippen LogP contribution in [0.4, 0.5) is 0 Å². The molecule has 0 saturated carbocycles. The van der Waals surface area contributed by atoms with Gasteiger partial charge in [-0.1, -0.05) is 12.1 Å². The van der Waals surface area contributed by atoms with Crippen molar-refractivity contribution in [2.24, 2.45) is 0 Å². The second-order valence-corrected chi connectivity index (χ2v) is 4.11. The minimum Gasteiger partial charge on any atom is -0.391 e. The highest BCUT2D eigenvalue weighted by atomic mass is 16.5. The van der Waals surface area contributed by atoms with Crippen LogP contribution in [0.25, 0.3) is 0 Å². The van der Waals surface area contributed by atoms with Crippen molar-refractivity contribution in [3.63, 3.8) is 0 Å². The summed E-state index contributed by atoms with van der Waals surface area (Å²) in [6.45, 7) is 4.69. The van der Waals surface area contributed by atoms with Gasteiger partial charge in [0, 0.05) is 13.1 Å². The minimum absolute atomic E-state index is 0.0767. The Morgan fingerprint density at radius 1 is 1.69 bits per heavy atom. The summed E-state index contributed by atoms with van der Waals surface area (Å²) in [6, 6.07) is 0. The molecule has 88 valence electrons. The average molecular weight is 224 g/mol. The van der Waals surface area contributed by atoms with Crippen molar-refractivity contribution < 1.29 is 14.4 Å². The van der Waals surface area contributed by atoms with Crippen LogP contribution in [0.5, 0.6) is 0 Å². The number of aromatic nitrogens is 1. The summed E-state index contributed by atoms with van der Waals surface area (Å²) in [5.41, 5.74) is 1.26. The molecule has 5 nitrogen and oxygen atoms in total. The van der Waals surface area contributed by atoms with Crippen LogP contribution in [0.15, 0.2) is 4.52 Å². The normalized spacial score (nSPS) is 20.4. The first-order chi connectivity index (χ1) is 7.63. The van der Waals surface area contributed by atoms with Gasteiger partial charge in [0.2, 0.25) is 0 Å². The lowest BCUT2D eigenvalue weighted by molar-refractivity contribution is 0.0762. The van der Waals surface area contributed by atoms with E-state index in [1.165, 1.54) is 0 Å². The van der Waals surface area contributed by atoms with E-state index in [1.807, 2.05) is 6.92 Å². The summed E-state index contributed by atoms with van der Waals surface area (Å²) in [5.74, 6) is 0.482. The molecule has 0 aromatic carbocycles. The smallest absolute Gasteiger partial charge is 0.259 e. The lowest BCUT2D eigenvalue weighted by atomic mass is 10.1. The van der Waals surface area contributed by atoms with Gasteiger partial charge in [0.15, 0.2) is 0 Å². The van der Waals surface area contributed by atoms with E-state index in [1.54, 1.807) is 11.8 Å². The van der Waals surface area contributed by atoms with Crippen LogP contribution in [0.1, 0.15) is 35.2 Å². The van der Waals surface area contributed by atoms with Crippen LogP contribution in [-0.2, 0) is 6.42 Å². The Balaban J connectivity index is 2.23. The second kappa shape index (κ2) is 4.25. The van der Waals surface area contributed by atoms with Gasteiger partial charge < -0.3 is 14.5 Å². The molecule has 0 spiro atoms. The van der Waals surface area contributed by atoms with Crippen molar-refractivity contribution in [1.29, 1.82) is 0 Å². The Hall–Kier alpha value is -1.36. The van der Waals surface area contributed by atoms with Crippen LogP contribution in [0, 0.1) is 6.92 Å². The molecule has 2 rings (SSSR count). The maximum absolute atomic E-state index is 12.2. The molecule has 1 aliphatic rings. The van der Waals surface area contributed by atoms with E-state index in [2.05, 4.69) is 5.16 Å². The molecular weight excluding hydrogens is 208 g/mol. The second-order valence-electron chi connectivity index (χ2n) is 4.11. The third-order valence-corrected chi connectivity index (χ3v) is 2.93. The maximum Gasteiger partial charge on any atom is 0.259 e. The molecule has 1 aromatic rings. The predicted octanol–water partition coefficient (Wildman–Crippen LogP) is 0.752. The number of likely N-dealkylation sites (tertiary alicyclic amines) is 1. The highest BCUT2D eigenvalue weighted by molar-refractivity contribution is 5.96. The Labute approximate surface area is 94.0 Å². The molecule has 1 aromatic heterocycles. The molecule has 2 heterocycles. The molecule has 1 fully saturated rings. The fourth-order valence-electron chi connectivity index (χ4n) is 2.02. The number of hydrogen-bond acceptors (Lipinski definition) is 4. The molecule has 1 N–H and O–H groups in total. The number of carbonyl (C=O) groups excluding carboxylic acids is 1. The number of aliphatic hydroxyl groups is 1. The number of amides is 1. The SMILES string of the molecule is CCc1noc(C)c1C(=O)N1CC[C@@H](O)C1. The fraction of sp³-hybridized carbons (Fsp3) is 0.636. The largest absolute Gasteiger partial charge is 0.391 e. The topological polar surface area (TPSA) is 66.6 Å². The van der Waals surface area contributed by atoms with Crippen molar-refractivity contribution in [1.82, 2.24) is 10.1 Å². The van der Waals surface area contributed by atoms with Gasteiger partial charge in [0.25, 0.3) is 5.91 Å². The first-order valence-corrected chi connectivity index (χ1v) is 5.56. The summed E-state index contributed by atoms with van der Waals surface area (Å²) in [4.78, 5) is 13.8. The van der Waals surface area contributed by atoms with E-state index >= 15 is 0 Å². The highest BCUT2D eigenvalue weighted by Gasteiger charge is 2.29. The molecule has 0 unspecified atom stereocenters. The maximum atomic E-state index is 12.2. The lowest BCUT2D eigenvalue weighted by Crippen LogP contribution is -2.30. The van der Waals surface area contributed by atoms with E-state index in [-0.39, 0.29) is 5.91 Å². The van der Waals surface area contributed by atoms with E-state index in [9.17, 15) is 9.90 Å². The summed E-state index contributed by atoms with van der Waals surface area (Å²) in [6.07, 6.45) is 0.931. The molecule has 0 bridgehead atoms. The van der Waals surface area contributed by atoms with Crippen LogP contribution < -0.4 is 0 Å². The average Bonchev–Trinajstić information content (AvgIpc) is 2.83. The zero-order chi connectivity index (χ0) is 11.7. The number of aliphatic hydroxyl groups excluding tert-OH is 1. The molecule has 0 radical (unpaired) electrons. The van der Waals surface area contributed by atoms with E-state index in [0.717, 1.165) is 0 Å². The number of nitrogens with zero attached hydrogens (tertiary/aromatic N) is 2. The zero-order valence-corrected chi connectivity index (χ0v) is 9.56. The minimum atomic E-state index is -0.394. The number of β-amino-alcohol motifs (C(OH)–C–C–N with tert-alkyl or cyclic N) is 1. The number of rotatable bonds is 2. The van der Waals surface area contributed by atoms with Gasteiger partial charge in [-0.15, -0.1) is 0 Å². The van der Waals surface area contributed by atoms with Gasteiger partial charge >= 0.3 is 0 Å². The van der Waals surface area contributed by atoms with Crippen LogP contribution in [0.3, 0.4) is 0 Å². The zero-order valence-electron chi connectivity index (χ0n) is 9.56. The van der Waals surface area contributed by atoms with Crippen LogP contribution >= 0.6 is 0 Å². The Bertz CT molecular complexity index is 400. The molecule has 16 heavy (non-hydrogen) atoms. The predicted molar refractivity (Wildman–Crippen MR) is 57.1 cm³/mol. The van der Waals surface area contributed by atoms with Gasteiger partial charge in [0.1, 0.15) is 11.3 Å². The van der Waals surface area contributed by atoms with Crippen molar-refractivity contribution >= 4 is 5.91 Å². The third-order valence-electron chi connectivity index (χ3n) is 2.93. The highest BCUT2D eigenvalue weighted by Crippen LogP contribution is 2.19. The van der Waals surface area contributed by atoms with Gasteiger partial charge in [-0.25, -0.2) is 0 Å². The molecular formula is C11H16N2O3. The summed E-state index contributed by atoms with van der Waals surface area (Å²) in [7, 11) is 0. The molecule has 1 saturated heterocycles. The summed E-state index contributed by atoms with van der Waals surface area (Å²) in [5, 5.41) is 13.3. The first-order valence-electron chi connectivity index (χ1n) is 5.56. The van der Waals surface area contributed by atoms with Crippen LogP contribution in [-0.4, -0.2) is 40.3 Å². The number of aryl methyl sites for hydroxylation is 2. The van der Waals surface area contributed by atoms with Crippen molar-refractivity contribution in [2.45, 2.75) is 32.8 Å². The van der Waals surface area contributed by atoms with E-state index in [4.69, 9.17) is 4.52 Å². The molecule has 0 aliphatic carbocycles. The molecule has 1 atom stereocenters. The van der Waals surface area contributed by atoms with Gasteiger partial charge in [-0.3, -0.25) is 4.79 Å². The number of hydrogen-bond donors (Lipinski definition) is 1. The Kier molecular flexibility index (Phi) is 2.96. The fourth-order valence-corrected chi connectivity index (χ4v) is 2.02. The lowest BCUT2D eigenvalue weighted by Gasteiger charge is -2.15. The third kappa shape index (κ3) is 1.82. The summed E-state index contributed by atoms with van der Waals surface area (Å²) < 4.78 is 5.03. The molecule has 1 amide bonds. The molecule has 1 aliphatic heterocycles.